The fourth-order valence-electron chi connectivity index (χ4n) is 4.59. The van der Waals surface area contributed by atoms with E-state index in [1.807, 2.05) is 0 Å². The monoisotopic (exact) mass is 412 g/mol. The van der Waals surface area contributed by atoms with Crippen molar-refractivity contribution in [1.82, 2.24) is 20.1 Å². The minimum atomic E-state index is 0.137. The summed E-state index contributed by atoms with van der Waals surface area (Å²) in [5.41, 5.74) is 2.47. The van der Waals surface area contributed by atoms with Crippen LogP contribution >= 0.6 is 11.3 Å². The predicted octanol–water partition coefficient (Wildman–Crippen LogP) is 3.62. The summed E-state index contributed by atoms with van der Waals surface area (Å²) >= 11 is 1.71. The van der Waals surface area contributed by atoms with Crippen molar-refractivity contribution in [2.75, 3.05) is 32.7 Å². The topological polar surface area (TPSA) is 48.5 Å². The molecule has 0 bridgehead atoms. The van der Waals surface area contributed by atoms with Crippen LogP contribution in [0.5, 0.6) is 0 Å². The van der Waals surface area contributed by atoms with E-state index in [-0.39, 0.29) is 17.9 Å². The fourth-order valence-corrected chi connectivity index (χ4v) is 5.19. The minimum absolute atomic E-state index is 0.137. The Balaban J connectivity index is 1.27. The van der Waals surface area contributed by atoms with Gasteiger partial charge in [-0.15, -0.1) is 11.3 Å². The zero-order valence-electron chi connectivity index (χ0n) is 17.3. The summed E-state index contributed by atoms with van der Waals surface area (Å²) in [7, 11) is 0. The zero-order chi connectivity index (χ0) is 20.1. The molecule has 4 rings (SSSR count). The van der Waals surface area contributed by atoms with Crippen molar-refractivity contribution in [3.63, 3.8) is 0 Å². The van der Waals surface area contributed by atoms with E-state index in [1.165, 1.54) is 18.4 Å². The SMILES string of the molecule is Cc1nc(CN2CCC(C(=O)NCC(c3ccccc3)N3CCCC3)CC2)cs1. The molecule has 2 aromatic rings. The Morgan fingerprint density at radius 3 is 2.55 bits per heavy atom. The number of carbonyl (C=O) groups is 1. The lowest BCUT2D eigenvalue weighted by Crippen LogP contribution is -2.43. The highest BCUT2D eigenvalue weighted by molar-refractivity contribution is 7.09. The summed E-state index contributed by atoms with van der Waals surface area (Å²) in [6.07, 6.45) is 4.39. The van der Waals surface area contributed by atoms with Gasteiger partial charge in [0.2, 0.25) is 5.91 Å². The molecule has 1 N–H and O–H groups in total. The van der Waals surface area contributed by atoms with Crippen LogP contribution in [-0.2, 0) is 11.3 Å². The molecule has 6 heteroatoms. The van der Waals surface area contributed by atoms with E-state index in [0.29, 0.717) is 6.54 Å². The largest absolute Gasteiger partial charge is 0.354 e. The second-order valence-electron chi connectivity index (χ2n) is 8.32. The van der Waals surface area contributed by atoms with Crippen LogP contribution < -0.4 is 5.32 Å². The number of thiazole rings is 1. The molecule has 2 fully saturated rings. The quantitative estimate of drug-likeness (QED) is 0.755. The minimum Gasteiger partial charge on any atom is -0.354 e. The number of aryl methyl sites for hydroxylation is 1. The van der Waals surface area contributed by atoms with Gasteiger partial charge in [0.05, 0.1) is 16.7 Å². The van der Waals surface area contributed by atoms with Gasteiger partial charge >= 0.3 is 0 Å². The van der Waals surface area contributed by atoms with Crippen molar-refractivity contribution < 1.29 is 4.79 Å². The summed E-state index contributed by atoms with van der Waals surface area (Å²) < 4.78 is 0. The van der Waals surface area contributed by atoms with E-state index in [9.17, 15) is 4.79 Å². The summed E-state index contributed by atoms with van der Waals surface area (Å²) in [4.78, 5) is 22.4. The van der Waals surface area contributed by atoms with Gasteiger partial charge in [-0.05, 0) is 64.3 Å². The fraction of sp³-hybridized carbons (Fsp3) is 0.565. The smallest absolute Gasteiger partial charge is 0.223 e. The molecule has 2 aliphatic rings. The number of hydrogen-bond donors (Lipinski definition) is 1. The van der Waals surface area contributed by atoms with E-state index in [0.717, 1.165) is 56.3 Å². The van der Waals surface area contributed by atoms with Crippen molar-refractivity contribution in [2.24, 2.45) is 5.92 Å². The second-order valence-corrected chi connectivity index (χ2v) is 9.39. The van der Waals surface area contributed by atoms with Gasteiger partial charge in [-0.1, -0.05) is 30.3 Å². The number of amides is 1. The molecular weight excluding hydrogens is 380 g/mol. The predicted molar refractivity (Wildman–Crippen MR) is 118 cm³/mol. The average molecular weight is 413 g/mol. The third-order valence-corrected chi connectivity index (χ3v) is 7.07. The van der Waals surface area contributed by atoms with Crippen molar-refractivity contribution in [3.8, 4) is 0 Å². The van der Waals surface area contributed by atoms with Crippen LogP contribution in [0.2, 0.25) is 0 Å². The van der Waals surface area contributed by atoms with Gasteiger partial charge in [0.1, 0.15) is 0 Å². The summed E-state index contributed by atoms with van der Waals surface area (Å²) in [5, 5.41) is 6.56. The highest BCUT2D eigenvalue weighted by Crippen LogP contribution is 2.25. The number of likely N-dealkylation sites (tertiary alicyclic amines) is 2. The molecule has 1 unspecified atom stereocenters. The maximum atomic E-state index is 12.9. The Morgan fingerprint density at radius 2 is 1.90 bits per heavy atom. The van der Waals surface area contributed by atoms with Crippen LogP contribution in [0.25, 0.3) is 0 Å². The van der Waals surface area contributed by atoms with E-state index >= 15 is 0 Å². The third kappa shape index (κ3) is 5.44. The molecule has 29 heavy (non-hydrogen) atoms. The number of nitrogens with one attached hydrogen (secondary N) is 1. The Labute approximate surface area is 178 Å². The normalized spacial score (nSPS) is 20.0. The van der Waals surface area contributed by atoms with Crippen LogP contribution in [0.3, 0.4) is 0 Å². The van der Waals surface area contributed by atoms with E-state index < -0.39 is 0 Å². The van der Waals surface area contributed by atoms with Gasteiger partial charge in [-0.3, -0.25) is 14.6 Å². The molecular formula is C23H32N4OS. The van der Waals surface area contributed by atoms with Gasteiger partial charge in [-0.25, -0.2) is 4.98 Å². The van der Waals surface area contributed by atoms with Crippen molar-refractivity contribution >= 4 is 17.2 Å². The Bertz CT molecular complexity index is 779. The lowest BCUT2D eigenvalue weighted by Gasteiger charge is -2.32. The second kappa shape index (κ2) is 9.83. The summed E-state index contributed by atoms with van der Waals surface area (Å²) in [6.45, 7) is 7.88. The number of piperidine rings is 1. The molecule has 0 aliphatic carbocycles. The molecule has 1 atom stereocenters. The molecule has 2 aliphatic heterocycles. The van der Waals surface area contributed by atoms with Gasteiger partial charge in [0.25, 0.3) is 0 Å². The van der Waals surface area contributed by atoms with Crippen molar-refractivity contribution in [1.29, 1.82) is 0 Å². The zero-order valence-corrected chi connectivity index (χ0v) is 18.2. The molecule has 0 saturated carbocycles. The van der Waals surface area contributed by atoms with E-state index in [4.69, 9.17) is 0 Å². The van der Waals surface area contributed by atoms with Gasteiger partial charge in [0.15, 0.2) is 0 Å². The summed E-state index contributed by atoms with van der Waals surface area (Å²) in [5.74, 6) is 0.368. The highest BCUT2D eigenvalue weighted by Gasteiger charge is 2.28. The highest BCUT2D eigenvalue weighted by atomic mass is 32.1. The lowest BCUT2D eigenvalue weighted by atomic mass is 9.95. The number of aromatic nitrogens is 1. The standard InChI is InChI=1S/C23H32N4OS/c1-18-25-21(17-29-18)16-26-13-9-20(10-14-26)23(28)24-15-22(27-11-5-6-12-27)19-7-3-2-4-8-19/h2-4,7-8,17,20,22H,5-6,9-16H2,1H3,(H,24,28). The lowest BCUT2D eigenvalue weighted by molar-refractivity contribution is -0.126. The Kier molecular flexibility index (Phi) is 6.95. The van der Waals surface area contributed by atoms with E-state index in [2.05, 4.69) is 62.7 Å². The molecule has 156 valence electrons. The Morgan fingerprint density at radius 1 is 1.17 bits per heavy atom. The molecule has 1 aromatic heterocycles. The molecule has 5 nitrogen and oxygen atoms in total. The van der Waals surface area contributed by atoms with Crippen LogP contribution in [-0.4, -0.2) is 53.4 Å². The van der Waals surface area contributed by atoms with E-state index in [1.54, 1.807) is 11.3 Å². The molecule has 3 heterocycles. The van der Waals surface area contributed by atoms with Gasteiger partial charge in [0, 0.05) is 24.4 Å². The number of benzene rings is 1. The third-order valence-electron chi connectivity index (χ3n) is 6.25. The first kappa shape index (κ1) is 20.5. The average Bonchev–Trinajstić information content (AvgIpc) is 3.42. The van der Waals surface area contributed by atoms with Crippen LogP contribution in [0.15, 0.2) is 35.7 Å². The number of nitrogens with zero attached hydrogens (tertiary/aromatic N) is 3. The molecule has 2 saturated heterocycles. The first-order chi connectivity index (χ1) is 14.2. The maximum Gasteiger partial charge on any atom is 0.223 e. The van der Waals surface area contributed by atoms with Gasteiger partial charge < -0.3 is 5.32 Å². The number of carbonyl (C=O) groups excluding carboxylic acids is 1. The summed E-state index contributed by atoms with van der Waals surface area (Å²) in [6, 6.07) is 10.9. The maximum absolute atomic E-state index is 12.9. The van der Waals surface area contributed by atoms with Crippen LogP contribution in [0.1, 0.15) is 48.0 Å². The number of rotatable bonds is 7. The van der Waals surface area contributed by atoms with Crippen molar-refractivity contribution in [3.05, 3.63) is 52.0 Å². The van der Waals surface area contributed by atoms with Crippen LogP contribution in [0, 0.1) is 12.8 Å². The first-order valence-electron chi connectivity index (χ1n) is 10.9. The van der Waals surface area contributed by atoms with Gasteiger partial charge in [-0.2, -0.15) is 0 Å². The molecule has 0 radical (unpaired) electrons. The molecule has 1 aromatic carbocycles. The van der Waals surface area contributed by atoms with Crippen molar-refractivity contribution in [2.45, 2.75) is 45.2 Å². The number of hydrogen-bond acceptors (Lipinski definition) is 5. The Hall–Kier alpha value is -1.76. The van der Waals surface area contributed by atoms with Crippen LogP contribution in [0.4, 0.5) is 0 Å². The molecule has 1 amide bonds. The first-order valence-corrected chi connectivity index (χ1v) is 11.8. The molecule has 0 spiro atoms.